The summed E-state index contributed by atoms with van der Waals surface area (Å²) in [4.78, 5) is 10.9. The molecule has 0 aliphatic carbocycles. The van der Waals surface area contributed by atoms with Gasteiger partial charge in [-0.05, 0) is 47.5 Å². The van der Waals surface area contributed by atoms with Crippen molar-refractivity contribution in [1.82, 2.24) is 10.6 Å². The van der Waals surface area contributed by atoms with Crippen LogP contribution in [0.5, 0.6) is 11.5 Å². The molecule has 0 saturated heterocycles. The van der Waals surface area contributed by atoms with E-state index >= 15 is 0 Å². The van der Waals surface area contributed by atoms with Crippen molar-refractivity contribution in [2.24, 2.45) is 5.73 Å². The molecule has 0 unspecified atom stereocenters. The summed E-state index contributed by atoms with van der Waals surface area (Å²) in [5.74, 6) is 0.495. The van der Waals surface area contributed by atoms with Gasteiger partial charge in [0.1, 0.15) is 0 Å². The summed E-state index contributed by atoms with van der Waals surface area (Å²) >= 11 is 3.44. The summed E-state index contributed by atoms with van der Waals surface area (Å²) in [7, 11) is 0. The molecule has 5 N–H and O–H groups in total. The number of aliphatic hydroxyl groups excluding tert-OH is 1. The van der Waals surface area contributed by atoms with Gasteiger partial charge in [0.05, 0.1) is 17.2 Å². The summed E-state index contributed by atoms with van der Waals surface area (Å²) in [6.45, 7) is 6.68. The zero-order valence-electron chi connectivity index (χ0n) is 14.1. The lowest BCUT2D eigenvalue weighted by Crippen LogP contribution is -2.31. The van der Waals surface area contributed by atoms with Gasteiger partial charge in [0, 0.05) is 26.2 Å². The highest BCUT2D eigenvalue weighted by Crippen LogP contribution is 2.36. The number of carbonyl (C=O) groups is 1. The van der Waals surface area contributed by atoms with Gasteiger partial charge < -0.3 is 30.9 Å². The predicted molar refractivity (Wildman–Crippen MR) is 96.3 cm³/mol. The lowest BCUT2D eigenvalue weighted by Gasteiger charge is -2.15. The molecule has 0 aromatic heterocycles. The van der Waals surface area contributed by atoms with Gasteiger partial charge in [-0.25, -0.2) is 0 Å². The molecule has 1 aromatic carbocycles. The summed E-state index contributed by atoms with van der Waals surface area (Å²) in [5.41, 5.74) is 6.14. The second kappa shape index (κ2) is 11.2. The molecule has 8 heteroatoms. The number of aliphatic hydroxyl groups is 1. The average Bonchev–Trinajstić information content (AvgIpc) is 2.49. The number of hydrogen-bond donors (Lipinski definition) is 4. The fraction of sp³-hybridized carbons (Fsp3) is 0.562. The fourth-order valence-electron chi connectivity index (χ4n) is 1.99. The average molecular weight is 404 g/mol. The van der Waals surface area contributed by atoms with Crippen LogP contribution in [0.2, 0.25) is 0 Å². The maximum Gasteiger partial charge on any atom is 0.255 e. The molecule has 1 atom stereocenters. The van der Waals surface area contributed by atoms with E-state index in [1.807, 2.05) is 19.1 Å². The minimum Gasteiger partial charge on any atom is -0.490 e. The maximum atomic E-state index is 10.9. The molecular formula is C16H26BrN3O4. The van der Waals surface area contributed by atoms with Crippen LogP contribution in [0.4, 0.5) is 0 Å². The van der Waals surface area contributed by atoms with Crippen molar-refractivity contribution in [2.75, 3.05) is 32.8 Å². The first-order chi connectivity index (χ1) is 11.4. The van der Waals surface area contributed by atoms with E-state index in [2.05, 4.69) is 26.6 Å². The Morgan fingerprint density at radius 2 is 2.04 bits per heavy atom. The molecule has 24 heavy (non-hydrogen) atoms. The Hall–Kier alpha value is -1.35. The molecule has 0 fully saturated rings. The Morgan fingerprint density at radius 3 is 2.67 bits per heavy atom. The van der Waals surface area contributed by atoms with Crippen molar-refractivity contribution in [3.63, 3.8) is 0 Å². The van der Waals surface area contributed by atoms with Crippen molar-refractivity contribution in [2.45, 2.75) is 26.5 Å². The van der Waals surface area contributed by atoms with Crippen molar-refractivity contribution < 1.29 is 19.4 Å². The van der Waals surface area contributed by atoms with Crippen LogP contribution >= 0.6 is 15.9 Å². The molecular weight excluding hydrogens is 378 g/mol. The smallest absolute Gasteiger partial charge is 0.255 e. The highest BCUT2D eigenvalue weighted by atomic mass is 79.9. The standard InChI is InChI=1S/C16H26BrN3O4/c1-3-23-14-7-12(9-20-5-4-19-8-11(2)21)6-13(17)16(14)24-10-15(18)22/h6-7,11,19-21H,3-5,8-10H2,1-2H3,(H2,18,22)/t11-/m1/s1. The van der Waals surface area contributed by atoms with Crippen LogP contribution in [0.15, 0.2) is 16.6 Å². The Labute approximate surface area is 151 Å². The van der Waals surface area contributed by atoms with Crippen LogP contribution in [0.25, 0.3) is 0 Å². The van der Waals surface area contributed by atoms with Crippen LogP contribution in [-0.2, 0) is 11.3 Å². The molecule has 1 aromatic rings. The predicted octanol–water partition coefficient (Wildman–Crippen LogP) is 0.772. The number of nitrogens with one attached hydrogen (secondary N) is 2. The third-order valence-corrected chi connectivity index (χ3v) is 3.56. The minimum atomic E-state index is -0.542. The first-order valence-corrected chi connectivity index (χ1v) is 8.69. The van der Waals surface area contributed by atoms with E-state index in [0.29, 0.717) is 35.7 Å². The third kappa shape index (κ3) is 7.96. The van der Waals surface area contributed by atoms with Gasteiger partial charge in [0.25, 0.3) is 5.91 Å². The Morgan fingerprint density at radius 1 is 1.33 bits per heavy atom. The van der Waals surface area contributed by atoms with E-state index in [9.17, 15) is 4.79 Å². The number of primary amides is 1. The molecule has 0 spiro atoms. The molecule has 0 aliphatic rings. The molecule has 1 rings (SSSR count). The molecule has 7 nitrogen and oxygen atoms in total. The van der Waals surface area contributed by atoms with Gasteiger partial charge in [-0.2, -0.15) is 0 Å². The molecule has 136 valence electrons. The first-order valence-electron chi connectivity index (χ1n) is 7.89. The normalized spacial score (nSPS) is 12.0. The van der Waals surface area contributed by atoms with Gasteiger partial charge in [0.2, 0.25) is 0 Å². The number of hydrogen-bond acceptors (Lipinski definition) is 6. The monoisotopic (exact) mass is 403 g/mol. The number of halogens is 1. The number of nitrogens with two attached hydrogens (primary N) is 1. The largest absolute Gasteiger partial charge is 0.490 e. The van der Waals surface area contributed by atoms with E-state index in [1.165, 1.54) is 0 Å². The van der Waals surface area contributed by atoms with Crippen LogP contribution < -0.4 is 25.8 Å². The van der Waals surface area contributed by atoms with E-state index in [-0.39, 0.29) is 12.7 Å². The summed E-state index contributed by atoms with van der Waals surface area (Å²) < 4.78 is 11.7. The van der Waals surface area contributed by atoms with E-state index in [1.54, 1.807) is 6.92 Å². The van der Waals surface area contributed by atoms with E-state index in [4.69, 9.17) is 20.3 Å². The lowest BCUT2D eigenvalue weighted by molar-refractivity contribution is -0.119. The minimum absolute atomic E-state index is 0.203. The van der Waals surface area contributed by atoms with E-state index in [0.717, 1.165) is 18.7 Å². The van der Waals surface area contributed by atoms with E-state index < -0.39 is 5.91 Å². The summed E-state index contributed by atoms with van der Waals surface area (Å²) in [5, 5.41) is 15.6. The Kier molecular flexibility index (Phi) is 9.70. The number of carbonyl (C=O) groups excluding carboxylic acids is 1. The number of amides is 1. The topological polar surface area (TPSA) is 106 Å². The zero-order valence-corrected chi connectivity index (χ0v) is 15.7. The first kappa shape index (κ1) is 20.7. The van der Waals surface area contributed by atoms with Crippen LogP contribution in [0.3, 0.4) is 0 Å². The number of benzene rings is 1. The number of ether oxygens (including phenoxy) is 2. The Bertz CT molecular complexity index is 526. The SMILES string of the molecule is CCOc1cc(CNCCNC[C@@H](C)O)cc(Br)c1OCC(N)=O. The van der Waals surface area contributed by atoms with Gasteiger partial charge in [-0.1, -0.05) is 0 Å². The highest BCUT2D eigenvalue weighted by Gasteiger charge is 2.13. The molecule has 0 heterocycles. The van der Waals surface area contributed by atoms with Crippen LogP contribution in [-0.4, -0.2) is 50.0 Å². The molecule has 0 bridgehead atoms. The molecule has 0 aliphatic heterocycles. The van der Waals surface area contributed by atoms with Gasteiger partial charge in [-0.3, -0.25) is 4.79 Å². The second-order valence-corrected chi connectivity index (χ2v) is 6.18. The third-order valence-electron chi connectivity index (χ3n) is 2.98. The summed E-state index contributed by atoms with van der Waals surface area (Å²) in [6, 6.07) is 3.79. The van der Waals surface area contributed by atoms with Gasteiger partial charge in [0.15, 0.2) is 18.1 Å². The lowest BCUT2D eigenvalue weighted by atomic mass is 10.2. The maximum absolute atomic E-state index is 10.9. The van der Waals surface area contributed by atoms with Crippen molar-refractivity contribution >= 4 is 21.8 Å². The molecule has 0 saturated carbocycles. The van der Waals surface area contributed by atoms with Gasteiger partial charge in [-0.15, -0.1) is 0 Å². The second-order valence-electron chi connectivity index (χ2n) is 5.32. The Balaban J connectivity index is 2.60. The molecule has 1 amide bonds. The van der Waals surface area contributed by atoms with Crippen molar-refractivity contribution in [3.05, 3.63) is 22.2 Å². The molecule has 0 radical (unpaired) electrons. The fourth-order valence-corrected chi connectivity index (χ4v) is 2.59. The highest BCUT2D eigenvalue weighted by molar-refractivity contribution is 9.10. The number of rotatable bonds is 12. The van der Waals surface area contributed by atoms with Crippen molar-refractivity contribution in [1.29, 1.82) is 0 Å². The van der Waals surface area contributed by atoms with Crippen LogP contribution in [0.1, 0.15) is 19.4 Å². The zero-order chi connectivity index (χ0) is 17.9. The van der Waals surface area contributed by atoms with Crippen molar-refractivity contribution in [3.8, 4) is 11.5 Å². The van der Waals surface area contributed by atoms with Gasteiger partial charge >= 0.3 is 0 Å². The van der Waals surface area contributed by atoms with Crippen LogP contribution in [0, 0.1) is 0 Å². The summed E-state index contributed by atoms with van der Waals surface area (Å²) in [6.07, 6.45) is -0.345. The quantitative estimate of drug-likeness (QED) is 0.384.